The molecule has 0 unspecified atom stereocenters. The first-order valence-electron chi connectivity index (χ1n) is 8.56. The lowest BCUT2D eigenvalue weighted by Gasteiger charge is -2.30. The molecule has 3 rings (SSSR count). The van der Waals surface area contributed by atoms with Crippen molar-refractivity contribution in [2.45, 2.75) is 13.0 Å². The van der Waals surface area contributed by atoms with E-state index in [1.807, 2.05) is 6.07 Å². The Morgan fingerprint density at radius 2 is 1.96 bits per heavy atom. The third-order valence-corrected chi connectivity index (χ3v) is 4.69. The van der Waals surface area contributed by atoms with E-state index in [4.69, 9.17) is 9.47 Å². The SMILES string of the molecule is CCOC(=O)C1=C(c2ccccc2)NC(=O)N[C@@H]1c1cc(Br)cc(OC)c1O. The normalized spacial score (nSPS) is 16.2. The minimum absolute atomic E-state index is 0.166. The lowest BCUT2D eigenvalue weighted by atomic mass is 9.92. The molecule has 146 valence electrons. The van der Waals surface area contributed by atoms with Crippen molar-refractivity contribution in [2.24, 2.45) is 0 Å². The number of hydrogen-bond donors (Lipinski definition) is 3. The van der Waals surface area contributed by atoms with Crippen molar-refractivity contribution in [1.29, 1.82) is 0 Å². The molecule has 0 radical (unpaired) electrons. The highest BCUT2D eigenvalue weighted by atomic mass is 79.9. The first-order valence-corrected chi connectivity index (χ1v) is 9.36. The van der Waals surface area contributed by atoms with Crippen molar-refractivity contribution in [3.63, 3.8) is 0 Å². The molecule has 0 fully saturated rings. The van der Waals surface area contributed by atoms with Gasteiger partial charge in [-0.1, -0.05) is 46.3 Å². The number of carbonyl (C=O) groups is 2. The lowest BCUT2D eigenvalue weighted by molar-refractivity contribution is -0.138. The molecule has 8 heteroatoms. The number of urea groups is 1. The number of benzene rings is 2. The molecule has 2 aromatic carbocycles. The van der Waals surface area contributed by atoms with E-state index in [1.54, 1.807) is 43.3 Å². The quantitative estimate of drug-likeness (QED) is 0.610. The second kappa shape index (κ2) is 8.35. The number of halogens is 1. The molecule has 1 aliphatic rings. The molecule has 0 aliphatic carbocycles. The van der Waals surface area contributed by atoms with Gasteiger partial charge < -0.3 is 25.2 Å². The maximum absolute atomic E-state index is 12.8. The Morgan fingerprint density at radius 3 is 2.61 bits per heavy atom. The third kappa shape index (κ3) is 3.82. The first kappa shape index (κ1) is 19.8. The standard InChI is InChI=1S/C20H19BrN2O5/c1-3-28-19(25)15-16(11-7-5-4-6-8-11)22-20(26)23-17(15)13-9-12(21)10-14(27-2)18(13)24/h4-10,17,24H,3H2,1-2H3,(H2,22,23,26)/t17-/m1/s1. The van der Waals surface area contributed by atoms with Crippen LogP contribution in [0.4, 0.5) is 4.79 Å². The molecule has 1 heterocycles. The monoisotopic (exact) mass is 446 g/mol. The number of esters is 1. The summed E-state index contributed by atoms with van der Waals surface area (Å²) >= 11 is 3.37. The Kier molecular flexibility index (Phi) is 5.89. The van der Waals surface area contributed by atoms with E-state index in [2.05, 4.69) is 26.6 Å². The zero-order valence-electron chi connectivity index (χ0n) is 15.3. The zero-order chi connectivity index (χ0) is 20.3. The molecule has 2 amide bonds. The van der Waals surface area contributed by atoms with Crippen LogP contribution in [0.25, 0.3) is 5.70 Å². The number of phenolic OH excluding ortho intramolecular Hbond substituents is 1. The van der Waals surface area contributed by atoms with Crippen molar-refractivity contribution >= 4 is 33.6 Å². The van der Waals surface area contributed by atoms with Gasteiger partial charge in [-0.25, -0.2) is 9.59 Å². The van der Waals surface area contributed by atoms with Crippen molar-refractivity contribution in [3.05, 3.63) is 63.6 Å². The Balaban J connectivity index is 2.25. The predicted molar refractivity (Wildman–Crippen MR) is 107 cm³/mol. The summed E-state index contributed by atoms with van der Waals surface area (Å²) in [7, 11) is 1.42. The van der Waals surface area contributed by atoms with Gasteiger partial charge in [-0.15, -0.1) is 0 Å². The van der Waals surface area contributed by atoms with E-state index in [-0.39, 0.29) is 23.7 Å². The largest absolute Gasteiger partial charge is 0.504 e. The zero-order valence-corrected chi connectivity index (χ0v) is 16.9. The van der Waals surface area contributed by atoms with Gasteiger partial charge >= 0.3 is 12.0 Å². The highest BCUT2D eigenvalue weighted by Gasteiger charge is 2.36. The minimum atomic E-state index is -0.936. The smallest absolute Gasteiger partial charge is 0.338 e. The van der Waals surface area contributed by atoms with Crippen molar-refractivity contribution in [2.75, 3.05) is 13.7 Å². The average molecular weight is 447 g/mol. The molecule has 0 aromatic heterocycles. The molecule has 2 aromatic rings. The number of aromatic hydroxyl groups is 1. The summed E-state index contributed by atoms with van der Waals surface area (Å²) in [6.07, 6.45) is 0. The molecular formula is C20H19BrN2O5. The second-order valence-electron chi connectivity index (χ2n) is 5.95. The van der Waals surface area contributed by atoms with Gasteiger partial charge in [0.05, 0.1) is 31.0 Å². The van der Waals surface area contributed by atoms with Crippen molar-refractivity contribution < 1.29 is 24.2 Å². The highest BCUT2D eigenvalue weighted by molar-refractivity contribution is 9.10. The van der Waals surface area contributed by atoms with Gasteiger partial charge in [0.15, 0.2) is 11.5 Å². The van der Waals surface area contributed by atoms with Crippen LogP contribution in [0, 0.1) is 0 Å². The van der Waals surface area contributed by atoms with E-state index < -0.39 is 18.0 Å². The molecule has 0 bridgehead atoms. The second-order valence-corrected chi connectivity index (χ2v) is 6.87. The molecule has 28 heavy (non-hydrogen) atoms. The van der Waals surface area contributed by atoms with E-state index in [1.165, 1.54) is 7.11 Å². The summed E-state index contributed by atoms with van der Waals surface area (Å²) in [4.78, 5) is 25.2. The summed E-state index contributed by atoms with van der Waals surface area (Å²) in [5.74, 6) is -0.564. The molecule has 1 aliphatic heterocycles. The topological polar surface area (TPSA) is 96.9 Å². The molecule has 0 spiro atoms. The number of rotatable bonds is 5. The Labute approximate surface area is 170 Å². The number of phenols is 1. The number of amides is 2. The molecule has 1 atom stereocenters. The highest BCUT2D eigenvalue weighted by Crippen LogP contribution is 2.41. The van der Waals surface area contributed by atoms with E-state index in [9.17, 15) is 14.7 Å². The van der Waals surface area contributed by atoms with E-state index >= 15 is 0 Å². The van der Waals surface area contributed by atoms with Crippen molar-refractivity contribution in [1.82, 2.24) is 10.6 Å². The maximum atomic E-state index is 12.8. The number of nitrogens with one attached hydrogen (secondary N) is 2. The summed E-state index contributed by atoms with van der Waals surface area (Å²) in [5, 5.41) is 16.0. The fraction of sp³-hybridized carbons (Fsp3) is 0.200. The molecule has 3 N–H and O–H groups in total. The van der Waals surface area contributed by atoms with Crippen LogP contribution in [0.5, 0.6) is 11.5 Å². The third-order valence-electron chi connectivity index (χ3n) is 4.23. The molecule has 7 nitrogen and oxygen atoms in total. The first-order chi connectivity index (χ1) is 13.5. The molecular weight excluding hydrogens is 428 g/mol. The van der Waals surface area contributed by atoms with Gasteiger partial charge in [-0.2, -0.15) is 0 Å². The van der Waals surface area contributed by atoms with Crippen LogP contribution in [0.1, 0.15) is 24.1 Å². The fourth-order valence-corrected chi connectivity index (χ4v) is 3.48. The van der Waals surface area contributed by atoms with E-state index in [0.29, 0.717) is 21.3 Å². The number of carbonyl (C=O) groups excluding carboxylic acids is 2. The summed E-state index contributed by atoms with van der Waals surface area (Å²) in [6.45, 7) is 1.86. The van der Waals surface area contributed by atoms with Gasteiger partial charge in [0.25, 0.3) is 0 Å². The van der Waals surface area contributed by atoms with E-state index in [0.717, 1.165) is 0 Å². The Morgan fingerprint density at radius 1 is 1.25 bits per heavy atom. The van der Waals surface area contributed by atoms with Crippen LogP contribution in [0.15, 0.2) is 52.5 Å². The van der Waals surface area contributed by atoms with Gasteiger partial charge in [-0.05, 0) is 24.6 Å². The average Bonchev–Trinajstić information content (AvgIpc) is 2.69. The van der Waals surface area contributed by atoms with Gasteiger partial charge in [-0.3, -0.25) is 0 Å². The Hall–Kier alpha value is -3.00. The molecule has 0 saturated heterocycles. The number of hydrogen-bond acceptors (Lipinski definition) is 5. The Bertz CT molecular complexity index is 943. The fourth-order valence-electron chi connectivity index (χ4n) is 3.03. The molecule has 0 saturated carbocycles. The summed E-state index contributed by atoms with van der Waals surface area (Å²) in [6, 6.07) is 10.8. The predicted octanol–water partition coefficient (Wildman–Crippen LogP) is 3.49. The summed E-state index contributed by atoms with van der Waals surface area (Å²) < 4.78 is 11.1. The minimum Gasteiger partial charge on any atom is -0.504 e. The van der Waals surface area contributed by atoms with Gasteiger partial charge in [0, 0.05) is 10.0 Å². The van der Waals surface area contributed by atoms with Crippen molar-refractivity contribution in [3.8, 4) is 11.5 Å². The van der Waals surface area contributed by atoms with Crippen LogP contribution in [0.3, 0.4) is 0 Å². The van der Waals surface area contributed by atoms with Crippen LogP contribution >= 0.6 is 15.9 Å². The van der Waals surface area contributed by atoms with Gasteiger partial charge in [0.2, 0.25) is 0 Å². The number of methoxy groups -OCH3 is 1. The van der Waals surface area contributed by atoms with Crippen LogP contribution in [0.2, 0.25) is 0 Å². The van der Waals surface area contributed by atoms with Crippen LogP contribution in [-0.4, -0.2) is 30.8 Å². The van der Waals surface area contributed by atoms with Crippen LogP contribution < -0.4 is 15.4 Å². The number of ether oxygens (including phenoxy) is 2. The maximum Gasteiger partial charge on any atom is 0.338 e. The summed E-state index contributed by atoms with van der Waals surface area (Å²) in [5.41, 5.74) is 1.46. The van der Waals surface area contributed by atoms with Crippen LogP contribution in [-0.2, 0) is 9.53 Å². The van der Waals surface area contributed by atoms with Gasteiger partial charge in [0.1, 0.15) is 0 Å². The lowest BCUT2D eigenvalue weighted by Crippen LogP contribution is -2.45.